The van der Waals surface area contributed by atoms with Crippen molar-refractivity contribution in [2.45, 2.75) is 13.3 Å². The van der Waals surface area contributed by atoms with Crippen molar-refractivity contribution < 1.29 is 23.5 Å². The van der Waals surface area contributed by atoms with E-state index in [0.29, 0.717) is 5.76 Å². The van der Waals surface area contributed by atoms with Gasteiger partial charge in [0.15, 0.2) is 0 Å². The van der Waals surface area contributed by atoms with Gasteiger partial charge in [-0.3, -0.25) is 9.59 Å². The highest BCUT2D eigenvalue weighted by molar-refractivity contribution is 5.89. The summed E-state index contributed by atoms with van der Waals surface area (Å²) in [6, 6.07) is 15.6. The van der Waals surface area contributed by atoms with Gasteiger partial charge in [0, 0.05) is 18.1 Å². The Balaban J connectivity index is 1.84. The molecule has 0 saturated heterocycles. The van der Waals surface area contributed by atoms with Crippen LogP contribution in [0.5, 0.6) is 0 Å². The zero-order valence-electron chi connectivity index (χ0n) is 13.2. The van der Waals surface area contributed by atoms with Gasteiger partial charge < -0.3 is 13.9 Å². The van der Waals surface area contributed by atoms with Crippen LogP contribution in [0.1, 0.15) is 12.5 Å². The summed E-state index contributed by atoms with van der Waals surface area (Å²) in [5, 5.41) is 0. The Morgan fingerprint density at radius 2 is 1.79 bits per heavy atom. The minimum absolute atomic E-state index is 0.0398. The van der Waals surface area contributed by atoms with E-state index in [4.69, 9.17) is 9.15 Å². The van der Waals surface area contributed by atoms with Crippen LogP contribution in [0.25, 0.3) is 22.5 Å². The summed E-state index contributed by atoms with van der Waals surface area (Å²) in [5.74, 6) is -0.328. The van der Waals surface area contributed by atoms with E-state index in [2.05, 4.69) is 4.74 Å². The van der Waals surface area contributed by atoms with Crippen LogP contribution in [0.4, 0.5) is 0 Å². The molecule has 3 rings (SSSR count). The monoisotopic (exact) mass is 324 g/mol. The molecular formula is C19H16O5. The molecule has 2 aliphatic rings. The summed E-state index contributed by atoms with van der Waals surface area (Å²) < 4.78 is 15.1. The maximum Gasteiger partial charge on any atom is 0.313 e. The summed E-state index contributed by atoms with van der Waals surface area (Å²) in [4.78, 5) is 22.6. The topological polar surface area (TPSA) is 65.7 Å². The maximum atomic E-state index is 11.9. The van der Waals surface area contributed by atoms with Crippen LogP contribution >= 0.6 is 0 Å². The average Bonchev–Trinajstić information content (AvgIpc) is 2.94. The second-order valence-corrected chi connectivity index (χ2v) is 5.25. The molecular weight excluding hydrogens is 308 g/mol. The van der Waals surface area contributed by atoms with Crippen LogP contribution in [-0.4, -0.2) is 18.7 Å². The molecule has 122 valence electrons. The molecule has 5 nitrogen and oxygen atoms in total. The van der Waals surface area contributed by atoms with Gasteiger partial charge in [0.2, 0.25) is 6.79 Å². The molecule has 0 radical (unpaired) electrons. The standard InChI is InChI=1S/C19H16O5/c1-13(20)23-12-24-18(21)11-15-10-17(14-6-3-2-4-7-14)16-8-5-9-22-19(15)16/h2-10H,11-12H2,1H3. The summed E-state index contributed by atoms with van der Waals surface area (Å²) >= 11 is 0. The van der Waals surface area contributed by atoms with Crippen molar-refractivity contribution >= 4 is 11.9 Å². The lowest BCUT2D eigenvalue weighted by atomic mass is 10.0. The van der Waals surface area contributed by atoms with Crippen molar-refractivity contribution in [3.05, 3.63) is 60.4 Å². The number of rotatable bonds is 5. The fraction of sp³-hybridized carbons (Fsp3) is 0.158. The first-order valence-electron chi connectivity index (χ1n) is 7.48. The van der Waals surface area contributed by atoms with Crippen molar-refractivity contribution in [1.29, 1.82) is 0 Å². The number of carbonyl (C=O) groups excluding carboxylic acids is 2. The molecule has 0 unspecified atom stereocenters. The largest absolute Gasteiger partial charge is 0.464 e. The van der Waals surface area contributed by atoms with Crippen molar-refractivity contribution in [3.63, 3.8) is 0 Å². The second-order valence-electron chi connectivity index (χ2n) is 5.25. The molecule has 0 fully saturated rings. The highest BCUT2D eigenvalue weighted by Crippen LogP contribution is 2.39. The van der Waals surface area contributed by atoms with E-state index in [1.54, 1.807) is 6.26 Å². The van der Waals surface area contributed by atoms with E-state index >= 15 is 0 Å². The zero-order valence-corrected chi connectivity index (χ0v) is 13.2. The lowest BCUT2D eigenvalue weighted by Crippen LogP contribution is -2.12. The Morgan fingerprint density at radius 3 is 2.54 bits per heavy atom. The van der Waals surface area contributed by atoms with Crippen LogP contribution in [0.2, 0.25) is 0 Å². The van der Waals surface area contributed by atoms with Gasteiger partial charge in [-0.05, 0) is 29.3 Å². The molecule has 0 aromatic heterocycles. The first-order valence-corrected chi connectivity index (χ1v) is 7.48. The maximum absolute atomic E-state index is 11.9. The van der Waals surface area contributed by atoms with Crippen LogP contribution in [0, 0.1) is 0 Å². The number of esters is 2. The third-order valence-corrected chi connectivity index (χ3v) is 3.57. The number of ether oxygens (including phenoxy) is 2. The van der Waals surface area contributed by atoms with Crippen LogP contribution < -0.4 is 0 Å². The third-order valence-electron chi connectivity index (χ3n) is 3.57. The summed E-state index contributed by atoms with van der Waals surface area (Å²) in [7, 11) is 0. The molecule has 1 aliphatic carbocycles. The van der Waals surface area contributed by atoms with E-state index < -0.39 is 11.9 Å². The predicted molar refractivity (Wildman–Crippen MR) is 87.2 cm³/mol. The molecule has 0 saturated carbocycles. The summed E-state index contributed by atoms with van der Waals surface area (Å²) in [6.07, 6.45) is 1.61. The Morgan fingerprint density at radius 1 is 1.00 bits per heavy atom. The molecule has 0 spiro atoms. The van der Waals surface area contributed by atoms with Gasteiger partial charge in [0.25, 0.3) is 0 Å². The summed E-state index contributed by atoms with van der Waals surface area (Å²) in [5.41, 5.74) is 3.71. The molecule has 24 heavy (non-hydrogen) atoms. The lowest BCUT2D eigenvalue weighted by Gasteiger charge is -2.05. The molecule has 1 aromatic carbocycles. The number of benzene rings is 1. The quantitative estimate of drug-likeness (QED) is 0.529. The van der Waals surface area contributed by atoms with E-state index in [1.165, 1.54) is 6.92 Å². The molecule has 0 amide bonds. The van der Waals surface area contributed by atoms with Gasteiger partial charge in [-0.25, -0.2) is 0 Å². The van der Waals surface area contributed by atoms with E-state index in [1.807, 2.05) is 48.5 Å². The molecule has 0 bridgehead atoms. The minimum atomic E-state index is -0.497. The van der Waals surface area contributed by atoms with E-state index in [0.717, 1.165) is 22.3 Å². The predicted octanol–water partition coefficient (Wildman–Crippen LogP) is 3.66. The van der Waals surface area contributed by atoms with Gasteiger partial charge in [-0.1, -0.05) is 30.3 Å². The zero-order chi connectivity index (χ0) is 16.9. The second kappa shape index (κ2) is 7.00. The van der Waals surface area contributed by atoms with Crippen molar-refractivity contribution in [2.75, 3.05) is 6.79 Å². The van der Waals surface area contributed by atoms with Gasteiger partial charge >= 0.3 is 11.9 Å². The third kappa shape index (κ3) is 3.46. The highest BCUT2D eigenvalue weighted by atomic mass is 16.7. The Bertz CT molecular complexity index is 819. The van der Waals surface area contributed by atoms with Gasteiger partial charge in [0.05, 0.1) is 12.7 Å². The highest BCUT2D eigenvalue weighted by Gasteiger charge is 2.21. The number of fused-ring (bicyclic) bond motifs is 1. The number of carbonyl (C=O) groups is 2. The molecule has 5 heteroatoms. The number of hydrogen-bond acceptors (Lipinski definition) is 5. The lowest BCUT2D eigenvalue weighted by molar-refractivity contribution is -0.165. The average molecular weight is 324 g/mol. The SMILES string of the molecule is CC(=O)OCOC(=O)Cc1cc(-c2ccccc2)c2cccoc1-2. The molecule has 1 aromatic rings. The fourth-order valence-corrected chi connectivity index (χ4v) is 2.53. The van der Waals surface area contributed by atoms with Crippen LogP contribution in [-0.2, 0) is 25.5 Å². The van der Waals surface area contributed by atoms with Crippen molar-refractivity contribution in [1.82, 2.24) is 0 Å². The summed E-state index contributed by atoms with van der Waals surface area (Å²) in [6.45, 7) is 0.874. The van der Waals surface area contributed by atoms with Gasteiger partial charge in [-0.15, -0.1) is 0 Å². The Labute approximate surface area is 139 Å². The number of hydrogen-bond donors (Lipinski definition) is 0. The van der Waals surface area contributed by atoms with Crippen LogP contribution in [0.15, 0.2) is 59.2 Å². The van der Waals surface area contributed by atoms with E-state index in [9.17, 15) is 9.59 Å². The van der Waals surface area contributed by atoms with Crippen LogP contribution in [0.3, 0.4) is 0 Å². The fourth-order valence-electron chi connectivity index (χ4n) is 2.53. The molecule has 1 heterocycles. The molecule has 0 N–H and O–H groups in total. The first kappa shape index (κ1) is 15.8. The molecule has 0 atom stereocenters. The minimum Gasteiger partial charge on any atom is -0.464 e. The van der Waals surface area contributed by atoms with Gasteiger partial charge in [0.1, 0.15) is 5.76 Å². The first-order chi connectivity index (χ1) is 11.6. The normalized spacial score (nSPS) is 10.5. The smallest absolute Gasteiger partial charge is 0.313 e. The Hall–Kier alpha value is -3.08. The van der Waals surface area contributed by atoms with Crippen molar-refractivity contribution in [2.24, 2.45) is 0 Å². The van der Waals surface area contributed by atoms with Crippen molar-refractivity contribution in [3.8, 4) is 22.5 Å². The van der Waals surface area contributed by atoms with Gasteiger partial charge in [-0.2, -0.15) is 0 Å². The Kier molecular flexibility index (Phi) is 4.61. The molecule has 1 aliphatic heterocycles. The van der Waals surface area contributed by atoms with E-state index in [-0.39, 0.29) is 13.2 Å².